The molecular formula is C14H18ClNO5. The Kier molecular flexibility index (Phi) is 5.43. The van der Waals surface area contributed by atoms with Crippen molar-refractivity contribution in [3.8, 4) is 5.75 Å². The van der Waals surface area contributed by atoms with Crippen LogP contribution in [-0.2, 0) is 16.1 Å². The lowest BCUT2D eigenvalue weighted by molar-refractivity contribution is -0.138. The third kappa shape index (κ3) is 5.91. The van der Waals surface area contributed by atoms with E-state index < -0.39 is 24.2 Å². The van der Waals surface area contributed by atoms with E-state index in [4.69, 9.17) is 21.4 Å². The number of rotatable bonds is 4. The molecule has 0 aliphatic rings. The average molecular weight is 316 g/mol. The fraction of sp³-hybridized carbons (Fsp3) is 0.429. The number of phenols is 1. The van der Waals surface area contributed by atoms with Crippen LogP contribution in [0.5, 0.6) is 5.75 Å². The number of phenolic OH excluding ortho intramolecular Hbond substituents is 1. The highest BCUT2D eigenvalue weighted by Gasteiger charge is 2.24. The first-order valence-corrected chi connectivity index (χ1v) is 6.63. The molecule has 0 heterocycles. The Morgan fingerprint density at radius 1 is 1.33 bits per heavy atom. The van der Waals surface area contributed by atoms with Gasteiger partial charge in [0.15, 0.2) is 0 Å². The number of carbonyl (C=O) groups excluding carboxylic acids is 1. The number of carbonyl (C=O) groups is 2. The number of halogens is 1. The van der Waals surface area contributed by atoms with Crippen molar-refractivity contribution < 1.29 is 24.5 Å². The molecule has 0 saturated heterocycles. The molecule has 1 rings (SSSR count). The number of ether oxygens (including phenoxy) is 1. The Balaban J connectivity index is 2.95. The number of hydrogen-bond acceptors (Lipinski definition) is 4. The van der Waals surface area contributed by atoms with E-state index in [1.54, 1.807) is 20.8 Å². The SMILES string of the molecule is CC(C)(C)OC(=O)N(CC(=O)O)Cc1cc(Cl)ccc1O. The number of carboxylic acid groups (broad SMARTS) is 1. The topological polar surface area (TPSA) is 87.1 Å². The van der Waals surface area contributed by atoms with Gasteiger partial charge in [-0.1, -0.05) is 11.6 Å². The number of benzene rings is 1. The molecule has 0 atom stereocenters. The first-order valence-electron chi connectivity index (χ1n) is 6.25. The second-order valence-corrected chi connectivity index (χ2v) is 5.94. The summed E-state index contributed by atoms with van der Waals surface area (Å²) in [5.74, 6) is -1.25. The van der Waals surface area contributed by atoms with Gasteiger partial charge >= 0.3 is 12.1 Å². The molecule has 2 N–H and O–H groups in total. The predicted octanol–water partition coefficient (Wildman–Crippen LogP) is 2.87. The van der Waals surface area contributed by atoms with Crippen LogP contribution in [0.4, 0.5) is 4.79 Å². The molecule has 0 fully saturated rings. The number of carboxylic acids is 1. The molecule has 0 aromatic heterocycles. The van der Waals surface area contributed by atoms with Crippen LogP contribution >= 0.6 is 11.6 Å². The molecule has 0 unspecified atom stereocenters. The molecular weight excluding hydrogens is 298 g/mol. The van der Waals surface area contributed by atoms with E-state index in [0.717, 1.165) is 4.90 Å². The van der Waals surface area contributed by atoms with Crippen LogP contribution in [0.1, 0.15) is 26.3 Å². The minimum atomic E-state index is -1.18. The molecule has 6 nitrogen and oxygen atoms in total. The fourth-order valence-electron chi connectivity index (χ4n) is 1.56. The lowest BCUT2D eigenvalue weighted by Crippen LogP contribution is -2.39. The van der Waals surface area contributed by atoms with Crippen LogP contribution in [0.15, 0.2) is 18.2 Å². The number of aliphatic carboxylic acids is 1. The second-order valence-electron chi connectivity index (χ2n) is 5.50. The van der Waals surface area contributed by atoms with Gasteiger partial charge in [0, 0.05) is 10.6 Å². The zero-order valence-corrected chi connectivity index (χ0v) is 12.8. The molecule has 116 valence electrons. The van der Waals surface area contributed by atoms with Crippen LogP contribution in [-0.4, -0.2) is 39.3 Å². The Bertz CT molecular complexity index is 539. The van der Waals surface area contributed by atoms with E-state index in [2.05, 4.69) is 0 Å². The smallest absolute Gasteiger partial charge is 0.411 e. The Hall–Kier alpha value is -1.95. The van der Waals surface area contributed by atoms with E-state index in [1.165, 1.54) is 18.2 Å². The molecule has 0 bridgehead atoms. The highest BCUT2D eigenvalue weighted by molar-refractivity contribution is 6.30. The number of hydrogen-bond donors (Lipinski definition) is 2. The second kappa shape index (κ2) is 6.67. The summed E-state index contributed by atoms with van der Waals surface area (Å²) in [6, 6.07) is 4.34. The molecule has 1 aromatic carbocycles. The summed E-state index contributed by atoms with van der Waals surface area (Å²) in [4.78, 5) is 23.9. The van der Waals surface area contributed by atoms with Crippen molar-refractivity contribution in [3.05, 3.63) is 28.8 Å². The van der Waals surface area contributed by atoms with Crippen molar-refractivity contribution in [2.24, 2.45) is 0 Å². The molecule has 0 spiro atoms. The molecule has 0 radical (unpaired) electrons. The number of amides is 1. The van der Waals surface area contributed by atoms with Crippen LogP contribution < -0.4 is 0 Å². The van der Waals surface area contributed by atoms with E-state index in [-0.39, 0.29) is 12.3 Å². The number of aromatic hydroxyl groups is 1. The van der Waals surface area contributed by atoms with E-state index >= 15 is 0 Å². The standard InChI is InChI=1S/C14H18ClNO5/c1-14(2,3)21-13(20)16(8-12(18)19)7-9-6-10(15)4-5-11(9)17/h4-6,17H,7-8H2,1-3H3,(H,18,19). The minimum absolute atomic E-state index is 0.0710. The quantitative estimate of drug-likeness (QED) is 0.892. The lowest BCUT2D eigenvalue weighted by atomic mass is 10.2. The van der Waals surface area contributed by atoms with Crippen LogP contribution in [0.3, 0.4) is 0 Å². The van der Waals surface area contributed by atoms with Crippen molar-refractivity contribution in [3.63, 3.8) is 0 Å². The maximum absolute atomic E-state index is 12.0. The molecule has 1 aromatic rings. The maximum atomic E-state index is 12.0. The third-order valence-corrected chi connectivity index (χ3v) is 2.62. The van der Waals surface area contributed by atoms with E-state index in [0.29, 0.717) is 10.6 Å². The summed E-state index contributed by atoms with van der Waals surface area (Å²) in [6.07, 6.45) is -0.774. The summed E-state index contributed by atoms with van der Waals surface area (Å²) < 4.78 is 5.15. The summed E-state index contributed by atoms with van der Waals surface area (Å²) in [5.41, 5.74) is -0.404. The highest BCUT2D eigenvalue weighted by Crippen LogP contribution is 2.23. The van der Waals surface area contributed by atoms with Crippen LogP contribution in [0.25, 0.3) is 0 Å². The Morgan fingerprint density at radius 2 is 1.95 bits per heavy atom. The van der Waals surface area contributed by atoms with Gasteiger partial charge in [0.2, 0.25) is 0 Å². The first kappa shape index (κ1) is 17.1. The fourth-order valence-corrected chi connectivity index (χ4v) is 1.76. The van der Waals surface area contributed by atoms with Gasteiger partial charge in [-0.25, -0.2) is 4.79 Å². The average Bonchev–Trinajstić information content (AvgIpc) is 2.30. The lowest BCUT2D eigenvalue weighted by Gasteiger charge is -2.26. The Morgan fingerprint density at radius 3 is 2.48 bits per heavy atom. The van der Waals surface area contributed by atoms with Crippen LogP contribution in [0.2, 0.25) is 5.02 Å². The third-order valence-electron chi connectivity index (χ3n) is 2.38. The van der Waals surface area contributed by atoms with E-state index in [1.807, 2.05) is 0 Å². The van der Waals surface area contributed by atoms with Gasteiger partial charge < -0.3 is 14.9 Å². The molecule has 0 aliphatic heterocycles. The largest absolute Gasteiger partial charge is 0.508 e. The van der Waals surface area contributed by atoms with Crippen molar-refractivity contribution in [2.45, 2.75) is 32.9 Å². The number of nitrogens with zero attached hydrogens (tertiary/aromatic N) is 1. The van der Waals surface area contributed by atoms with Gasteiger partial charge in [-0.3, -0.25) is 9.69 Å². The van der Waals surface area contributed by atoms with Crippen molar-refractivity contribution in [2.75, 3.05) is 6.54 Å². The van der Waals surface area contributed by atoms with Crippen molar-refractivity contribution in [1.82, 2.24) is 4.90 Å². The first-order chi connectivity index (χ1) is 9.58. The van der Waals surface area contributed by atoms with Gasteiger partial charge in [0.1, 0.15) is 17.9 Å². The monoisotopic (exact) mass is 315 g/mol. The van der Waals surface area contributed by atoms with Crippen LogP contribution in [0, 0.1) is 0 Å². The van der Waals surface area contributed by atoms with Gasteiger partial charge in [-0.15, -0.1) is 0 Å². The summed E-state index contributed by atoms with van der Waals surface area (Å²) in [6.45, 7) is 4.39. The van der Waals surface area contributed by atoms with Gasteiger partial charge in [0.05, 0.1) is 6.54 Å². The van der Waals surface area contributed by atoms with Gasteiger partial charge in [-0.2, -0.15) is 0 Å². The van der Waals surface area contributed by atoms with Gasteiger partial charge in [0.25, 0.3) is 0 Å². The molecule has 0 aliphatic carbocycles. The molecule has 21 heavy (non-hydrogen) atoms. The summed E-state index contributed by atoms with van der Waals surface area (Å²) in [7, 11) is 0. The summed E-state index contributed by atoms with van der Waals surface area (Å²) >= 11 is 5.83. The molecule has 1 amide bonds. The molecule has 0 saturated carbocycles. The molecule has 7 heteroatoms. The predicted molar refractivity (Wildman–Crippen MR) is 77.4 cm³/mol. The Labute approximate surface area is 127 Å². The summed E-state index contributed by atoms with van der Waals surface area (Å²) in [5, 5.41) is 19.0. The van der Waals surface area contributed by atoms with Crippen molar-refractivity contribution in [1.29, 1.82) is 0 Å². The normalized spacial score (nSPS) is 11.0. The zero-order chi connectivity index (χ0) is 16.2. The minimum Gasteiger partial charge on any atom is -0.508 e. The van der Waals surface area contributed by atoms with Gasteiger partial charge in [-0.05, 0) is 39.0 Å². The zero-order valence-electron chi connectivity index (χ0n) is 12.1. The van der Waals surface area contributed by atoms with E-state index in [9.17, 15) is 14.7 Å². The highest BCUT2D eigenvalue weighted by atomic mass is 35.5. The van der Waals surface area contributed by atoms with Crippen molar-refractivity contribution >= 4 is 23.7 Å². The maximum Gasteiger partial charge on any atom is 0.411 e.